The van der Waals surface area contributed by atoms with Crippen molar-refractivity contribution in [2.24, 2.45) is 0 Å². The Hall–Kier alpha value is -0.440. The summed E-state index contributed by atoms with van der Waals surface area (Å²) >= 11 is 0. The molecule has 0 amide bonds. The minimum Gasteiger partial charge on any atom is -0.399 e. The average Bonchev–Trinajstić information content (AvgIpc) is 2.08. The predicted molar refractivity (Wildman–Crippen MR) is 70.0 cm³/mol. The smallest absolute Gasteiger partial charge is 0.0316 e. The van der Waals surface area contributed by atoms with Crippen LogP contribution in [-0.4, -0.2) is 18.0 Å². The minimum absolute atomic E-state index is 0. The zero-order valence-corrected chi connectivity index (χ0v) is 10.7. The van der Waals surface area contributed by atoms with E-state index in [9.17, 15) is 0 Å². The average molecular weight is 249 g/mol. The highest BCUT2D eigenvalue weighted by Crippen LogP contribution is 2.23. The van der Waals surface area contributed by atoms with Crippen molar-refractivity contribution in [2.45, 2.75) is 25.9 Å². The topological polar surface area (TPSA) is 29.3 Å². The number of hydrogen-bond acceptors (Lipinski definition) is 2. The molecule has 1 aromatic carbocycles. The van der Waals surface area contributed by atoms with Crippen molar-refractivity contribution in [3.8, 4) is 0 Å². The largest absolute Gasteiger partial charge is 0.399 e. The van der Waals surface area contributed by atoms with Gasteiger partial charge in [-0.15, -0.1) is 24.8 Å². The van der Waals surface area contributed by atoms with Crippen LogP contribution in [-0.2, 0) is 13.0 Å². The molecule has 0 spiro atoms. The van der Waals surface area contributed by atoms with Gasteiger partial charge in [0.25, 0.3) is 0 Å². The Morgan fingerprint density at radius 1 is 1.27 bits per heavy atom. The van der Waals surface area contributed by atoms with Gasteiger partial charge in [0, 0.05) is 18.3 Å². The Balaban J connectivity index is 0.000000980. The Labute approximate surface area is 104 Å². The van der Waals surface area contributed by atoms with Crippen molar-refractivity contribution in [1.29, 1.82) is 0 Å². The van der Waals surface area contributed by atoms with Gasteiger partial charge in [0.1, 0.15) is 0 Å². The Bertz CT molecular complexity index is 328. The van der Waals surface area contributed by atoms with Crippen LogP contribution >= 0.6 is 24.8 Å². The van der Waals surface area contributed by atoms with E-state index in [1.165, 1.54) is 11.1 Å². The van der Waals surface area contributed by atoms with Gasteiger partial charge in [-0.1, -0.05) is 6.07 Å². The van der Waals surface area contributed by atoms with Crippen LogP contribution in [0.2, 0.25) is 0 Å². The number of nitrogen functional groups attached to an aromatic ring is 1. The fourth-order valence-electron chi connectivity index (χ4n) is 1.89. The highest BCUT2D eigenvalue weighted by atomic mass is 35.5. The fraction of sp³-hybridized carbons (Fsp3) is 0.455. The first-order valence-electron chi connectivity index (χ1n) is 4.74. The maximum atomic E-state index is 5.75. The van der Waals surface area contributed by atoms with Crippen molar-refractivity contribution in [1.82, 2.24) is 4.90 Å². The molecule has 1 aromatic rings. The first kappa shape index (κ1) is 14.6. The molecule has 0 bridgehead atoms. The standard InChI is InChI=1S/C11H16N2.2ClH/c1-8-5-10-6-11(12)4-3-9(10)7-13(8)2;;/h3-4,6,8H,5,7,12H2,1-2H3;2*1H. The summed E-state index contributed by atoms with van der Waals surface area (Å²) in [6, 6.07) is 6.88. The SMILES string of the molecule is CC1Cc2cc(N)ccc2CN1C.Cl.Cl. The fourth-order valence-corrected chi connectivity index (χ4v) is 1.89. The third kappa shape index (κ3) is 3.00. The summed E-state index contributed by atoms with van der Waals surface area (Å²) < 4.78 is 0. The number of fused-ring (bicyclic) bond motifs is 1. The summed E-state index contributed by atoms with van der Waals surface area (Å²) in [6.45, 7) is 3.31. The van der Waals surface area contributed by atoms with Gasteiger partial charge in [-0.3, -0.25) is 4.90 Å². The zero-order chi connectivity index (χ0) is 9.42. The van der Waals surface area contributed by atoms with E-state index in [0.29, 0.717) is 6.04 Å². The Morgan fingerprint density at radius 3 is 2.60 bits per heavy atom. The third-order valence-electron chi connectivity index (χ3n) is 2.92. The van der Waals surface area contributed by atoms with E-state index in [2.05, 4.69) is 31.0 Å². The van der Waals surface area contributed by atoms with Gasteiger partial charge < -0.3 is 5.73 Å². The van der Waals surface area contributed by atoms with E-state index in [4.69, 9.17) is 5.73 Å². The molecule has 1 aliphatic heterocycles. The van der Waals surface area contributed by atoms with E-state index in [-0.39, 0.29) is 24.8 Å². The summed E-state index contributed by atoms with van der Waals surface area (Å²) in [5.74, 6) is 0. The molecule has 0 saturated carbocycles. The van der Waals surface area contributed by atoms with Crippen molar-refractivity contribution < 1.29 is 0 Å². The molecule has 1 atom stereocenters. The van der Waals surface area contributed by atoms with Gasteiger partial charge in [-0.25, -0.2) is 0 Å². The molecule has 15 heavy (non-hydrogen) atoms. The maximum absolute atomic E-state index is 5.75. The number of halogens is 2. The molecule has 0 fully saturated rings. The van der Waals surface area contributed by atoms with E-state index in [0.717, 1.165) is 18.7 Å². The maximum Gasteiger partial charge on any atom is 0.0316 e. The Kier molecular flexibility index (Phi) is 5.43. The second-order valence-electron chi connectivity index (χ2n) is 4.00. The summed E-state index contributed by atoms with van der Waals surface area (Å²) in [5.41, 5.74) is 9.48. The lowest BCUT2D eigenvalue weighted by Crippen LogP contribution is -2.34. The highest BCUT2D eigenvalue weighted by Gasteiger charge is 2.19. The first-order valence-corrected chi connectivity index (χ1v) is 4.74. The lowest BCUT2D eigenvalue weighted by molar-refractivity contribution is 0.231. The normalized spacial score (nSPS) is 19.7. The molecule has 2 N–H and O–H groups in total. The molecule has 1 heterocycles. The van der Waals surface area contributed by atoms with Crippen LogP contribution in [0.5, 0.6) is 0 Å². The van der Waals surface area contributed by atoms with E-state index >= 15 is 0 Å². The molecule has 0 aliphatic carbocycles. The molecular formula is C11H18Cl2N2. The minimum atomic E-state index is 0. The number of benzene rings is 1. The lowest BCUT2D eigenvalue weighted by atomic mass is 9.95. The highest BCUT2D eigenvalue weighted by molar-refractivity contribution is 5.85. The summed E-state index contributed by atoms with van der Waals surface area (Å²) in [4.78, 5) is 2.37. The van der Waals surface area contributed by atoms with Crippen molar-refractivity contribution in [3.05, 3.63) is 29.3 Å². The molecule has 86 valence electrons. The van der Waals surface area contributed by atoms with Gasteiger partial charge in [0.05, 0.1) is 0 Å². The van der Waals surface area contributed by atoms with Crippen LogP contribution in [0.1, 0.15) is 18.1 Å². The number of nitrogens with two attached hydrogens (primary N) is 1. The van der Waals surface area contributed by atoms with Crippen molar-refractivity contribution in [2.75, 3.05) is 12.8 Å². The van der Waals surface area contributed by atoms with Crippen LogP contribution in [0.4, 0.5) is 5.69 Å². The molecular weight excluding hydrogens is 231 g/mol. The molecule has 1 aliphatic rings. The second kappa shape index (κ2) is 5.59. The van der Waals surface area contributed by atoms with Crippen LogP contribution in [0.15, 0.2) is 18.2 Å². The van der Waals surface area contributed by atoms with Crippen molar-refractivity contribution >= 4 is 30.5 Å². The molecule has 1 unspecified atom stereocenters. The molecule has 4 heteroatoms. The zero-order valence-electron chi connectivity index (χ0n) is 9.06. The van der Waals surface area contributed by atoms with Crippen LogP contribution in [0, 0.1) is 0 Å². The number of nitrogens with zero attached hydrogens (tertiary/aromatic N) is 1. The quantitative estimate of drug-likeness (QED) is 0.716. The first-order chi connectivity index (χ1) is 6.16. The Morgan fingerprint density at radius 2 is 1.93 bits per heavy atom. The third-order valence-corrected chi connectivity index (χ3v) is 2.92. The molecule has 0 radical (unpaired) electrons. The number of rotatable bonds is 0. The number of anilines is 1. The molecule has 2 rings (SSSR count). The van der Waals surface area contributed by atoms with Gasteiger partial charge >= 0.3 is 0 Å². The van der Waals surface area contributed by atoms with Gasteiger partial charge in [0.2, 0.25) is 0 Å². The van der Waals surface area contributed by atoms with E-state index in [1.54, 1.807) is 0 Å². The number of likely N-dealkylation sites (N-methyl/N-ethyl adjacent to an activating group) is 1. The van der Waals surface area contributed by atoms with Gasteiger partial charge in [0.15, 0.2) is 0 Å². The van der Waals surface area contributed by atoms with Crippen molar-refractivity contribution in [3.63, 3.8) is 0 Å². The molecule has 0 aromatic heterocycles. The predicted octanol–water partition coefficient (Wildman–Crippen LogP) is 2.49. The van der Waals surface area contributed by atoms with Crippen LogP contribution in [0.25, 0.3) is 0 Å². The van der Waals surface area contributed by atoms with E-state index in [1.807, 2.05) is 6.07 Å². The number of hydrogen-bond donors (Lipinski definition) is 1. The van der Waals surface area contributed by atoms with Crippen LogP contribution < -0.4 is 5.73 Å². The second-order valence-corrected chi connectivity index (χ2v) is 4.00. The van der Waals surface area contributed by atoms with Crippen LogP contribution in [0.3, 0.4) is 0 Å². The summed E-state index contributed by atoms with van der Waals surface area (Å²) in [7, 11) is 2.17. The van der Waals surface area contributed by atoms with E-state index < -0.39 is 0 Å². The molecule has 0 saturated heterocycles. The summed E-state index contributed by atoms with van der Waals surface area (Å²) in [5, 5.41) is 0. The monoisotopic (exact) mass is 248 g/mol. The summed E-state index contributed by atoms with van der Waals surface area (Å²) in [6.07, 6.45) is 1.12. The molecule has 2 nitrogen and oxygen atoms in total. The lowest BCUT2D eigenvalue weighted by Gasteiger charge is -2.31. The van der Waals surface area contributed by atoms with Gasteiger partial charge in [-0.2, -0.15) is 0 Å². The van der Waals surface area contributed by atoms with Gasteiger partial charge in [-0.05, 0) is 43.7 Å².